The number of aryl methyl sites for hydroxylation is 1. The Morgan fingerprint density at radius 1 is 1.00 bits per heavy atom. The molecule has 0 bridgehead atoms. The van der Waals surface area contributed by atoms with Crippen molar-refractivity contribution in [2.24, 2.45) is 5.73 Å². The average molecular weight is 374 g/mol. The number of fused-ring (bicyclic) bond motifs is 1. The molecule has 1 atom stereocenters. The molecular weight excluding hydrogens is 359 g/mol. The molecule has 0 spiro atoms. The number of hydrogen-bond donors (Lipinski definition) is 1. The molecular formula is C17H15IN2. The van der Waals surface area contributed by atoms with Crippen LogP contribution in [0.2, 0.25) is 0 Å². The van der Waals surface area contributed by atoms with Crippen LogP contribution in [0.5, 0.6) is 0 Å². The molecule has 0 saturated carbocycles. The number of nitrogens with two attached hydrogens (primary N) is 1. The Balaban J connectivity index is 2.18. The highest BCUT2D eigenvalue weighted by Gasteiger charge is 2.15. The lowest BCUT2D eigenvalue weighted by molar-refractivity contribution is 0.871. The molecule has 0 saturated heterocycles. The number of rotatable bonds is 2. The van der Waals surface area contributed by atoms with Crippen LogP contribution in [0.25, 0.3) is 10.9 Å². The summed E-state index contributed by atoms with van der Waals surface area (Å²) in [6.07, 6.45) is 1.81. The van der Waals surface area contributed by atoms with Gasteiger partial charge in [0.1, 0.15) is 0 Å². The van der Waals surface area contributed by atoms with Crippen molar-refractivity contribution in [3.8, 4) is 0 Å². The molecule has 2 aromatic carbocycles. The molecule has 3 rings (SSSR count). The van der Waals surface area contributed by atoms with Crippen LogP contribution >= 0.6 is 22.6 Å². The normalized spacial score (nSPS) is 12.6. The minimum Gasteiger partial charge on any atom is -0.320 e. The van der Waals surface area contributed by atoms with Crippen molar-refractivity contribution < 1.29 is 0 Å². The maximum Gasteiger partial charge on any atom is 0.0705 e. The van der Waals surface area contributed by atoms with Gasteiger partial charge in [0.2, 0.25) is 0 Å². The predicted molar refractivity (Wildman–Crippen MR) is 91.7 cm³/mol. The third-order valence-electron chi connectivity index (χ3n) is 3.57. The number of aromatic nitrogens is 1. The molecule has 2 N–H and O–H groups in total. The van der Waals surface area contributed by atoms with E-state index in [0.29, 0.717) is 0 Å². The van der Waals surface area contributed by atoms with Crippen molar-refractivity contribution in [3.63, 3.8) is 0 Å². The maximum atomic E-state index is 6.52. The fourth-order valence-electron chi connectivity index (χ4n) is 2.48. The molecule has 0 aliphatic rings. The summed E-state index contributed by atoms with van der Waals surface area (Å²) in [6, 6.07) is 16.3. The highest BCUT2D eigenvalue weighted by Crippen LogP contribution is 2.30. The zero-order chi connectivity index (χ0) is 14.1. The van der Waals surface area contributed by atoms with Crippen molar-refractivity contribution in [3.05, 3.63) is 75.0 Å². The molecule has 2 nitrogen and oxygen atoms in total. The van der Waals surface area contributed by atoms with Gasteiger partial charge in [0, 0.05) is 15.2 Å². The Morgan fingerprint density at radius 3 is 2.60 bits per heavy atom. The van der Waals surface area contributed by atoms with Crippen LogP contribution < -0.4 is 5.73 Å². The second-order valence-electron chi connectivity index (χ2n) is 4.87. The summed E-state index contributed by atoms with van der Waals surface area (Å²) in [4.78, 5) is 4.40. The largest absolute Gasteiger partial charge is 0.320 e. The summed E-state index contributed by atoms with van der Waals surface area (Å²) >= 11 is 2.38. The predicted octanol–water partition coefficient (Wildman–Crippen LogP) is 4.20. The van der Waals surface area contributed by atoms with Gasteiger partial charge in [-0.15, -0.1) is 0 Å². The van der Waals surface area contributed by atoms with Crippen LogP contribution in [0.1, 0.15) is 22.7 Å². The summed E-state index contributed by atoms with van der Waals surface area (Å²) in [7, 11) is 0. The maximum absolute atomic E-state index is 6.52. The minimum absolute atomic E-state index is 0.130. The number of nitrogens with zero attached hydrogens (tertiary/aromatic N) is 1. The summed E-state index contributed by atoms with van der Waals surface area (Å²) in [5, 5.41) is 1.12. The van der Waals surface area contributed by atoms with Gasteiger partial charge < -0.3 is 5.73 Å². The minimum atomic E-state index is -0.130. The topological polar surface area (TPSA) is 38.9 Å². The molecule has 0 aliphatic heterocycles. The van der Waals surface area contributed by atoms with E-state index in [4.69, 9.17) is 5.73 Å². The van der Waals surface area contributed by atoms with E-state index in [1.54, 1.807) is 0 Å². The fraction of sp³-hybridized carbons (Fsp3) is 0.118. The first-order chi connectivity index (χ1) is 9.68. The molecule has 0 aliphatic carbocycles. The molecule has 0 fully saturated rings. The first kappa shape index (κ1) is 13.5. The molecule has 1 unspecified atom stereocenters. The second kappa shape index (κ2) is 5.50. The highest BCUT2D eigenvalue weighted by molar-refractivity contribution is 14.1. The fourth-order valence-corrected chi connectivity index (χ4v) is 3.17. The molecule has 0 radical (unpaired) electrons. The van der Waals surface area contributed by atoms with E-state index in [1.807, 2.05) is 24.4 Å². The van der Waals surface area contributed by atoms with E-state index in [0.717, 1.165) is 16.5 Å². The van der Waals surface area contributed by atoms with Gasteiger partial charge in [-0.3, -0.25) is 4.98 Å². The molecule has 3 heteroatoms. The van der Waals surface area contributed by atoms with Gasteiger partial charge in [0.25, 0.3) is 0 Å². The molecule has 0 amide bonds. The van der Waals surface area contributed by atoms with Gasteiger partial charge in [-0.05, 0) is 58.3 Å². The average Bonchev–Trinajstić information content (AvgIpc) is 2.49. The van der Waals surface area contributed by atoms with Gasteiger partial charge in [-0.25, -0.2) is 0 Å². The molecule has 1 heterocycles. The lowest BCUT2D eigenvalue weighted by Gasteiger charge is -2.17. The zero-order valence-electron chi connectivity index (χ0n) is 11.2. The van der Waals surface area contributed by atoms with Gasteiger partial charge in [0.15, 0.2) is 0 Å². The Morgan fingerprint density at radius 2 is 1.75 bits per heavy atom. The zero-order valence-corrected chi connectivity index (χ0v) is 13.3. The van der Waals surface area contributed by atoms with Crippen LogP contribution in [-0.2, 0) is 0 Å². The number of benzene rings is 2. The van der Waals surface area contributed by atoms with E-state index in [1.165, 1.54) is 14.7 Å². The van der Waals surface area contributed by atoms with Crippen LogP contribution in [0, 0.1) is 10.5 Å². The summed E-state index contributed by atoms with van der Waals surface area (Å²) in [5.74, 6) is 0. The van der Waals surface area contributed by atoms with E-state index in [-0.39, 0.29) is 6.04 Å². The van der Waals surface area contributed by atoms with Crippen molar-refractivity contribution in [1.82, 2.24) is 4.98 Å². The van der Waals surface area contributed by atoms with E-state index in [9.17, 15) is 0 Å². The summed E-state index contributed by atoms with van der Waals surface area (Å²) in [6.45, 7) is 2.11. The third-order valence-corrected chi connectivity index (χ3v) is 5.04. The Kier molecular flexibility index (Phi) is 3.72. The Bertz CT molecular complexity index is 763. The van der Waals surface area contributed by atoms with Crippen molar-refractivity contribution in [2.45, 2.75) is 13.0 Å². The standard InChI is InChI=1S/C17H15IN2/c1-11-5-2-7-14(16(11)18)17(19)13-6-3-9-15-12(13)8-4-10-20-15/h2-10,17H,19H2,1H3. The molecule has 20 heavy (non-hydrogen) atoms. The number of halogens is 1. The molecule has 3 aromatic rings. The van der Waals surface area contributed by atoms with Crippen LogP contribution in [-0.4, -0.2) is 4.98 Å². The van der Waals surface area contributed by atoms with E-state index >= 15 is 0 Å². The van der Waals surface area contributed by atoms with Gasteiger partial charge in [-0.1, -0.05) is 36.4 Å². The van der Waals surface area contributed by atoms with E-state index < -0.39 is 0 Å². The first-order valence-electron chi connectivity index (χ1n) is 6.52. The summed E-state index contributed by atoms with van der Waals surface area (Å²) in [5.41, 5.74) is 11.1. The third kappa shape index (κ3) is 2.31. The number of hydrogen-bond acceptors (Lipinski definition) is 2. The van der Waals surface area contributed by atoms with Crippen molar-refractivity contribution >= 4 is 33.5 Å². The quantitative estimate of drug-likeness (QED) is 0.683. The first-order valence-corrected chi connectivity index (χ1v) is 7.60. The Labute approximate surface area is 132 Å². The molecule has 100 valence electrons. The molecule has 1 aromatic heterocycles. The smallest absolute Gasteiger partial charge is 0.0705 e. The highest BCUT2D eigenvalue weighted by atomic mass is 127. The van der Waals surface area contributed by atoms with Crippen LogP contribution in [0.15, 0.2) is 54.7 Å². The van der Waals surface area contributed by atoms with Gasteiger partial charge >= 0.3 is 0 Å². The van der Waals surface area contributed by atoms with Crippen molar-refractivity contribution in [1.29, 1.82) is 0 Å². The SMILES string of the molecule is Cc1cccc(C(N)c2cccc3ncccc23)c1I. The van der Waals surface area contributed by atoms with Gasteiger partial charge in [-0.2, -0.15) is 0 Å². The van der Waals surface area contributed by atoms with Gasteiger partial charge in [0.05, 0.1) is 11.6 Å². The van der Waals surface area contributed by atoms with Crippen LogP contribution in [0.3, 0.4) is 0 Å². The number of pyridine rings is 1. The summed E-state index contributed by atoms with van der Waals surface area (Å²) < 4.78 is 1.23. The second-order valence-corrected chi connectivity index (χ2v) is 5.95. The van der Waals surface area contributed by atoms with Crippen LogP contribution in [0.4, 0.5) is 0 Å². The Hall–Kier alpha value is -1.46. The van der Waals surface area contributed by atoms with Crippen molar-refractivity contribution in [2.75, 3.05) is 0 Å². The van der Waals surface area contributed by atoms with E-state index in [2.05, 4.69) is 64.8 Å². The lowest BCUT2D eigenvalue weighted by atomic mass is 9.95. The lowest BCUT2D eigenvalue weighted by Crippen LogP contribution is -2.14. The monoisotopic (exact) mass is 374 g/mol.